The fraction of sp³-hybridized carbons (Fsp3) is 0.0833. The summed E-state index contributed by atoms with van der Waals surface area (Å²) in [6, 6.07) is 6.95. The lowest BCUT2D eigenvalue weighted by Crippen LogP contribution is -2.28. The Morgan fingerprint density at radius 1 is 1.25 bits per heavy atom. The summed E-state index contributed by atoms with van der Waals surface area (Å²) in [4.78, 5) is 38.0. The van der Waals surface area contributed by atoms with E-state index in [1.165, 1.54) is 0 Å². The minimum atomic E-state index is -0.675. The number of aromatic amines is 2. The molecule has 0 bridgehead atoms. The number of amides is 1. The third kappa shape index (κ3) is 3.82. The molecule has 0 spiro atoms. The molecule has 3 N–H and O–H groups in total. The summed E-state index contributed by atoms with van der Waals surface area (Å²) in [5.41, 5.74) is -1.36. The summed E-state index contributed by atoms with van der Waals surface area (Å²) in [5.74, 6) is 0.0178. The number of H-pyrrole nitrogens is 2. The molecule has 2 rings (SSSR count). The maximum absolute atomic E-state index is 11.6. The van der Waals surface area contributed by atoms with Gasteiger partial charge in [0.1, 0.15) is 11.4 Å². The Bertz CT molecular complexity index is 720. The van der Waals surface area contributed by atoms with Gasteiger partial charge < -0.3 is 15.0 Å². The SMILES string of the molecule is O=C(COc1ccc(Br)cc1)Nc1c[nH]c(=O)[nH]c1=O. The van der Waals surface area contributed by atoms with E-state index in [9.17, 15) is 14.4 Å². The fourth-order valence-electron chi connectivity index (χ4n) is 1.37. The first-order chi connectivity index (χ1) is 9.54. The maximum atomic E-state index is 11.6. The van der Waals surface area contributed by atoms with E-state index in [0.717, 1.165) is 10.7 Å². The molecule has 0 radical (unpaired) electrons. The van der Waals surface area contributed by atoms with E-state index in [0.29, 0.717) is 5.75 Å². The van der Waals surface area contributed by atoms with Gasteiger partial charge in [0.05, 0.1) is 0 Å². The Morgan fingerprint density at radius 2 is 1.95 bits per heavy atom. The average molecular weight is 340 g/mol. The summed E-state index contributed by atoms with van der Waals surface area (Å²) in [6.45, 7) is -0.250. The van der Waals surface area contributed by atoms with Crippen LogP contribution in [0.15, 0.2) is 44.5 Å². The molecule has 0 saturated heterocycles. The van der Waals surface area contributed by atoms with Crippen molar-refractivity contribution in [3.05, 3.63) is 55.8 Å². The quantitative estimate of drug-likeness (QED) is 0.767. The van der Waals surface area contributed by atoms with Crippen LogP contribution in [-0.2, 0) is 4.79 Å². The van der Waals surface area contributed by atoms with Gasteiger partial charge in [-0.05, 0) is 24.3 Å². The minimum absolute atomic E-state index is 0.0472. The van der Waals surface area contributed by atoms with Crippen molar-refractivity contribution in [2.75, 3.05) is 11.9 Å². The highest BCUT2D eigenvalue weighted by molar-refractivity contribution is 9.10. The largest absolute Gasteiger partial charge is 0.484 e. The fourth-order valence-corrected chi connectivity index (χ4v) is 1.63. The molecule has 0 saturated carbocycles. The van der Waals surface area contributed by atoms with Gasteiger partial charge in [0.2, 0.25) is 0 Å². The molecule has 0 unspecified atom stereocenters. The van der Waals surface area contributed by atoms with Gasteiger partial charge in [0.15, 0.2) is 6.61 Å². The molecule has 20 heavy (non-hydrogen) atoms. The molecular formula is C12H10BrN3O4. The monoisotopic (exact) mass is 339 g/mol. The second kappa shape index (κ2) is 6.20. The van der Waals surface area contributed by atoms with Gasteiger partial charge in [-0.1, -0.05) is 15.9 Å². The van der Waals surface area contributed by atoms with Crippen molar-refractivity contribution < 1.29 is 9.53 Å². The van der Waals surface area contributed by atoms with Crippen LogP contribution in [0.3, 0.4) is 0 Å². The van der Waals surface area contributed by atoms with Gasteiger partial charge in [-0.2, -0.15) is 0 Å². The van der Waals surface area contributed by atoms with E-state index in [2.05, 4.69) is 26.2 Å². The number of hydrogen-bond acceptors (Lipinski definition) is 4. The standard InChI is InChI=1S/C12H10BrN3O4/c13-7-1-3-8(4-2-7)20-6-10(17)15-9-5-14-12(19)16-11(9)18/h1-5H,6H2,(H,15,17)(H2,14,16,18,19). The number of nitrogens with one attached hydrogen (secondary N) is 3. The molecule has 1 aromatic heterocycles. The Morgan fingerprint density at radius 3 is 2.60 bits per heavy atom. The summed E-state index contributed by atoms with van der Waals surface area (Å²) < 4.78 is 6.14. The highest BCUT2D eigenvalue weighted by Gasteiger charge is 2.07. The highest BCUT2D eigenvalue weighted by Crippen LogP contribution is 2.15. The van der Waals surface area contributed by atoms with Gasteiger partial charge in [-0.15, -0.1) is 0 Å². The van der Waals surface area contributed by atoms with E-state index in [1.807, 2.05) is 4.98 Å². The lowest BCUT2D eigenvalue weighted by molar-refractivity contribution is -0.118. The Labute approximate surface area is 121 Å². The first-order valence-electron chi connectivity index (χ1n) is 5.55. The van der Waals surface area contributed by atoms with Crippen molar-refractivity contribution in [2.45, 2.75) is 0 Å². The molecule has 1 aromatic carbocycles. The second-order valence-electron chi connectivity index (χ2n) is 3.78. The highest BCUT2D eigenvalue weighted by atomic mass is 79.9. The summed E-state index contributed by atoms with van der Waals surface area (Å²) in [7, 11) is 0. The van der Waals surface area contributed by atoms with Crippen LogP contribution in [0.5, 0.6) is 5.75 Å². The summed E-state index contributed by atoms with van der Waals surface area (Å²) >= 11 is 3.28. The second-order valence-corrected chi connectivity index (χ2v) is 4.69. The van der Waals surface area contributed by atoms with Crippen molar-refractivity contribution in [1.29, 1.82) is 0 Å². The first kappa shape index (κ1) is 14.1. The normalized spacial score (nSPS) is 10.1. The van der Waals surface area contributed by atoms with E-state index >= 15 is 0 Å². The minimum Gasteiger partial charge on any atom is -0.484 e. The molecule has 0 aliphatic carbocycles. The van der Waals surface area contributed by atoms with Gasteiger partial charge in [-0.3, -0.25) is 14.6 Å². The average Bonchev–Trinajstić information content (AvgIpc) is 2.41. The predicted octanol–water partition coefficient (Wildman–Crippen LogP) is 0.843. The smallest absolute Gasteiger partial charge is 0.325 e. The number of ether oxygens (including phenoxy) is 1. The van der Waals surface area contributed by atoms with E-state index in [-0.39, 0.29) is 12.3 Å². The topological polar surface area (TPSA) is 104 Å². The Balaban J connectivity index is 1.94. The molecule has 1 heterocycles. The van der Waals surface area contributed by atoms with Crippen molar-refractivity contribution >= 4 is 27.5 Å². The number of anilines is 1. The van der Waals surface area contributed by atoms with Crippen LogP contribution < -0.4 is 21.3 Å². The van der Waals surface area contributed by atoms with Crippen LogP contribution in [0.4, 0.5) is 5.69 Å². The Hall–Kier alpha value is -2.35. The molecule has 0 aliphatic rings. The van der Waals surface area contributed by atoms with Crippen molar-refractivity contribution in [2.24, 2.45) is 0 Å². The number of halogens is 1. The number of aromatic nitrogens is 2. The third-order valence-electron chi connectivity index (χ3n) is 2.28. The zero-order chi connectivity index (χ0) is 14.5. The van der Waals surface area contributed by atoms with Crippen LogP contribution in [0.25, 0.3) is 0 Å². The molecule has 0 fully saturated rings. The van der Waals surface area contributed by atoms with E-state index in [4.69, 9.17) is 4.74 Å². The Kier molecular flexibility index (Phi) is 4.36. The lowest BCUT2D eigenvalue weighted by atomic mass is 10.3. The first-order valence-corrected chi connectivity index (χ1v) is 6.34. The number of benzene rings is 1. The van der Waals surface area contributed by atoms with Gasteiger partial charge >= 0.3 is 5.69 Å². The van der Waals surface area contributed by atoms with E-state index < -0.39 is 17.2 Å². The zero-order valence-corrected chi connectivity index (χ0v) is 11.7. The van der Waals surface area contributed by atoms with Crippen LogP contribution in [-0.4, -0.2) is 22.5 Å². The number of carbonyl (C=O) groups is 1. The lowest BCUT2D eigenvalue weighted by Gasteiger charge is -2.06. The summed E-state index contributed by atoms with van der Waals surface area (Å²) in [5, 5.41) is 2.33. The molecule has 104 valence electrons. The zero-order valence-electron chi connectivity index (χ0n) is 10.1. The number of hydrogen-bond donors (Lipinski definition) is 3. The maximum Gasteiger partial charge on any atom is 0.325 e. The van der Waals surface area contributed by atoms with Crippen LogP contribution in [0.2, 0.25) is 0 Å². The molecule has 0 aliphatic heterocycles. The molecule has 2 aromatic rings. The van der Waals surface area contributed by atoms with Crippen LogP contribution in [0.1, 0.15) is 0 Å². The van der Waals surface area contributed by atoms with Gasteiger partial charge in [0.25, 0.3) is 11.5 Å². The van der Waals surface area contributed by atoms with Crippen molar-refractivity contribution in [1.82, 2.24) is 9.97 Å². The molecular weight excluding hydrogens is 330 g/mol. The van der Waals surface area contributed by atoms with Gasteiger partial charge in [-0.25, -0.2) is 4.79 Å². The van der Waals surface area contributed by atoms with Crippen molar-refractivity contribution in [3.63, 3.8) is 0 Å². The molecule has 8 heteroatoms. The molecule has 1 amide bonds. The van der Waals surface area contributed by atoms with Gasteiger partial charge in [0, 0.05) is 10.7 Å². The molecule has 7 nitrogen and oxygen atoms in total. The van der Waals surface area contributed by atoms with Crippen molar-refractivity contribution in [3.8, 4) is 5.75 Å². The number of carbonyl (C=O) groups excluding carboxylic acids is 1. The summed E-state index contributed by atoms with van der Waals surface area (Å²) in [6.07, 6.45) is 1.12. The molecule has 0 atom stereocenters. The van der Waals surface area contributed by atoms with Crippen LogP contribution in [0, 0.1) is 0 Å². The number of rotatable bonds is 4. The third-order valence-corrected chi connectivity index (χ3v) is 2.81. The van der Waals surface area contributed by atoms with E-state index in [1.54, 1.807) is 24.3 Å². The predicted molar refractivity (Wildman–Crippen MR) is 76.0 cm³/mol. The van der Waals surface area contributed by atoms with Crippen LogP contribution >= 0.6 is 15.9 Å².